The Labute approximate surface area is 173 Å². The molecule has 3 aromatic heterocycles. The second-order valence-electron chi connectivity index (χ2n) is 7.85. The highest BCUT2D eigenvalue weighted by molar-refractivity contribution is 7.03. The molecule has 154 valence electrons. The van der Waals surface area contributed by atoms with Gasteiger partial charge in [-0.1, -0.05) is 19.0 Å². The first kappa shape index (κ1) is 19.6. The van der Waals surface area contributed by atoms with Crippen LogP contribution in [-0.2, 0) is 11.2 Å². The average molecular weight is 416 g/mol. The summed E-state index contributed by atoms with van der Waals surface area (Å²) >= 11 is 1.44. The maximum absolute atomic E-state index is 12.2. The van der Waals surface area contributed by atoms with Crippen molar-refractivity contribution < 1.29 is 14.1 Å². The summed E-state index contributed by atoms with van der Waals surface area (Å²) in [5.41, 5.74) is 2.95. The van der Waals surface area contributed by atoms with Crippen molar-refractivity contribution in [3.8, 4) is 5.88 Å². The quantitative estimate of drug-likeness (QED) is 0.599. The molecule has 3 heterocycles. The lowest BCUT2D eigenvalue weighted by Gasteiger charge is -2.14. The molecule has 1 fully saturated rings. The zero-order valence-electron chi connectivity index (χ0n) is 16.8. The van der Waals surface area contributed by atoms with Crippen LogP contribution in [0.25, 0.3) is 0 Å². The van der Waals surface area contributed by atoms with E-state index in [4.69, 9.17) is 9.26 Å². The molecular formula is C20H25N5O3S. The molecular weight excluding hydrogens is 390 g/mol. The van der Waals surface area contributed by atoms with Gasteiger partial charge in [-0.15, -0.1) is 0 Å². The van der Waals surface area contributed by atoms with Gasteiger partial charge < -0.3 is 14.6 Å². The lowest BCUT2D eigenvalue weighted by molar-refractivity contribution is -0.115. The van der Waals surface area contributed by atoms with Gasteiger partial charge in [-0.2, -0.15) is 9.47 Å². The molecule has 0 bridgehead atoms. The lowest BCUT2D eigenvalue weighted by Crippen LogP contribution is -2.14. The maximum atomic E-state index is 12.2. The molecule has 9 heteroatoms. The van der Waals surface area contributed by atoms with Crippen LogP contribution in [0.4, 0.5) is 5.82 Å². The number of amides is 1. The van der Waals surface area contributed by atoms with Gasteiger partial charge in [0, 0.05) is 34.7 Å². The number of nitrogens with one attached hydrogen (secondary N) is 2. The molecule has 1 amide bonds. The van der Waals surface area contributed by atoms with Crippen molar-refractivity contribution in [2.45, 2.75) is 64.4 Å². The minimum atomic E-state index is -0.184. The predicted octanol–water partition coefficient (Wildman–Crippen LogP) is 4.18. The molecule has 1 aliphatic carbocycles. The van der Waals surface area contributed by atoms with Crippen molar-refractivity contribution in [3.63, 3.8) is 0 Å². The Bertz CT molecular complexity index is 976. The topological polar surface area (TPSA) is 106 Å². The summed E-state index contributed by atoms with van der Waals surface area (Å²) in [4.78, 5) is 12.2. The van der Waals surface area contributed by atoms with Crippen molar-refractivity contribution in [2.75, 3.05) is 5.32 Å². The lowest BCUT2D eigenvalue weighted by atomic mass is 10.0. The molecule has 1 aliphatic rings. The molecule has 29 heavy (non-hydrogen) atoms. The minimum absolute atomic E-state index is 0.133. The van der Waals surface area contributed by atoms with Gasteiger partial charge in [0.2, 0.25) is 11.8 Å². The van der Waals surface area contributed by atoms with Crippen LogP contribution in [0.5, 0.6) is 5.88 Å². The van der Waals surface area contributed by atoms with E-state index in [1.54, 1.807) is 6.07 Å². The summed E-state index contributed by atoms with van der Waals surface area (Å²) in [5, 5.41) is 15.9. The third-order valence-electron chi connectivity index (χ3n) is 5.16. The number of carbonyl (C=O) groups is 1. The Kier molecular flexibility index (Phi) is 5.66. The largest absolute Gasteiger partial charge is 0.474 e. The summed E-state index contributed by atoms with van der Waals surface area (Å²) < 4.78 is 15.7. The van der Waals surface area contributed by atoms with Crippen molar-refractivity contribution in [3.05, 3.63) is 40.2 Å². The van der Waals surface area contributed by atoms with E-state index in [1.165, 1.54) is 17.1 Å². The predicted molar refractivity (Wildman–Crippen MR) is 109 cm³/mol. The molecule has 0 spiro atoms. The second kappa shape index (κ2) is 8.36. The summed E-state index contributed by atoms with van der Waals surface area (Å²) in [7, 11) is 0. The number of rotatable bonds is 7. The Morgan fingerprint density at radius 3 is 3.03 bits per heavy atom. The van der Waals surface area contributed by atoms with Gasteiger partial charge in [-0.05, 0) is 43.6 Å². The Morgan fingerprint density at radius 2 is 2.28 bits per heavy atom. The molecule has 3 aromatic rings. The maximum Gasteiger partial charge on any atom is 0.233 e. The Morgan fingerprint density at radius 1 is 1.41 bits per heavy atom. The van der Waals surface area contributed by atoms with Crippen molar-refractivity contribution >= 4 is 23.3 Å². The van der Waals surface area contributed by atoms with Gasteiger partial charge in [-0.3, -0.25) is 9.89 Å². The van der Waals surface area contributed by atoms with E-state index in [-0.39, 0.29) is 18.4 Å². The fourth-order valence-corrected chi connectivity index (χ4v) is 4.43. The number of aromatic amines is 1. The standard InChI is InChI=1S/C20H25N5O3S/c1-11(2)16-10-29-25-20(16)27-14-5-4-13(7-14)17-9-18(23-22-17)21-19(26)8-15-6-12(3)24-28-15/h6,9-11,13-14H,4-5,7-8H2,1-3H3,(H2,21,22,23,26)/t13-,14+/m0/s1. The number of aromatic nitrogens is 4. The molecule has 4 rings (SSSR count). The minimum Gasteiger partial charge on any atom is -0.474 e. The van der Waals surface area contributed by atoms with E-state index in [2.05, 4.69) is 44.3 Å². The number of aryl methyl sites for hydroxylation is 1. The number of carbonyl (C=O) groups excluding carboxylic acids is 1. The van der Waals surface area contributed by atoms with Gasteiger partial charge in [0.1, 0.15) is 11.9 Å². The number of hydrogen-bond acceptors (Lipinski definition) is 7. The first-order chi connectivity index (χ1) is 14.0. The van der Waals surface area contributed by atoms with Crippen molar-refractivity contribution in [1.29, 1.82) is 0 Å². The Hall–Kier alpha value is -2.68. The second-order valence-corrected chi connectivity index (χ2v) is 8.48. The molecule has 0 aliphatic heterocycles. The number of nitrogens with zero attached hydrogens (tertiary/aromatic N) is 3. The number of ether oxygens (including phenoxy) is 1. The third-order valence-corrected chi connectivity index (χ3v) is 5.79. The van der Waals surface area contributed by atoms with Crippen LogP contribution in [0.3, 0.4) is 0 Å². The van der Waals surface area contributed by atoms with Crippen molar-refractivity contribution in [1.82, 2.24) is 19.7 Å². The van der Waals surface area contributed by atoms with E-state index in [0.29, 0.717) is 23.4 Å². The molecule has 1 saturated carbocycles. The smallest absolute Gasteiger partial charge is 0.233 e. The van der Waals surface area contributed by atoms with E-state index in [1.807, 2.05) is 13.0 Å². The normalized spacial score (nSPS) is 19.0. The molecule has 2 atom stereocenters. The highest BCUT2D eigenvalue weighted by Crippen LogP contribution is 2.37. The molecule has 8 nitrogen and oxygen atoms in total. The van der Waals surface area contributed by atoms with Crippen LogP contribution in [0.1, 0.15) is 67.7 Å². The molecule has 0 aromatic carbocycles. The molecule has 0 unspecified atom stereocenters. The summed E-state index contributed by atoms with van der Waals surface area (Å²) in [6.07, 6.45) is 3.18. The fraction of sp³-hybridized carbons (Fsp3) is 0.500. The molecule has 0 saturated heterocycles. The number of hydrogen-bond donors (Lipinski definition) is 2. The Balaban J connectivity index is 1.31. The van der Waals surface area contributed by atoms with Gasteiger partial charge in [0.05, 0.1) is 12.1 Å². The SMILES string of the molecule is Cc1cc(CC(=O)Nc2cc([C@H]3CC[C@@H](Oc4nscc4C(C)C)C3)[nH]n2)on1. The van der Waals surface area contributed by atoms with E-state index < -0.39 is 0 Å². The van der Waals surface area contributed by atoms with Crippen LogP contribution in [0.15, 0.2) is 22.0 Å². The highest BCUT2D eigenvalue weighted by atomic mass is 32.1. The van der Waals surface area contributed by atoms with Gasteiger partial charge >= 0.3 is 0 Å². The van der Waals surface area contributed by atoms with Crippen LogP contribution in [-0.4, -0.2) is 31.7 Å². The average Bonchev–Trinajstić information content (AvgIpc) is 3.43. The molecule has 2 N–H and O–H groups in total. The van der Waals surface area contributed by atoms with Gasteiger partial charge in [-0.25, -0.2) is 0 Å². The summed E-state index contributed by atoms with van der Waals surface area (Å²) in [6.45, 7) is 6.12. The van der Waals surface area contributed by atoms with Crippen LogP contribution >= 0.6 is 11.5 Å². The first-order valence-corrected chi connectivity index (χ1v) is 10.7. The van der Waals surface area contributed by atoms with Crippen LogP contribution in [0, 0.1) is 6.92 Å². The monoisotopic (exact) mass is 415 g/mol. The van der Waals surface area contributed by atoms with Crippen LogP contribution in [0.2, 0.25) is 0 Å². The summed E-state index contributed by atoms with van der Waals surface area (Å²) in [6, 6.07) is 3.65. The summed E-state index contributed by atoms with van der Waals surface area (Å²) in [5.74, 6) is 2.38. The number of H-pyrrole nitrogens is 1. The third kappa shape index (κ3) is 4.67. The van der Waals surface area contributed by atoms with Crippen molar-refractivity contribution in [2.24, 2.45) is 0 Å². The van der Waals surface area contributed by atoms with E-state index in [0.717, 1.165) is 36.5 Å². The van der Waals surface area contributed by atoms with E-state index >= 15 is 0 Å². The zero-order chi connectivity index (χ0) is 20.4. The van der Waals surface area contributed by atoms with Gasteiger partial charge in [0.25, 0.3) is 0 Å². The highest BCUT2D eigenvalue weighted by Gasteiger charge is 2.30. The molecule has 0 radical (unpaired) electrons. The van der Waals surface area contributed by atoms with Crippen LogP contribution < -0.4 is 10.1 Å². The first-order valence-electron chi connectivity index (χ1n) is 9.86. The number of anilines is 1. The van der Waals surface area contributed by atoms with Gasteiger partial charge in [0.15, 0.2) is 5.82 Å². The van der Waals surface area contributed by atoms with E-state index in [9.17, 15) is 4.79 Å². The fourth-order valence-electron chi connectivity index (χ4n) is 3.65. The zero-order valence-corrected chi connectivity index (χ0v) is 17.6.